The first-order chi connectivity index (χ1) is 18.2. The van der Waals surface area contributed by atoms with Crippen molar-refractivity contribution in [2.45, 2.75) is 71.5 Å². The average molecular weight is 550 g/mol. The number of amides is 2. The predicted molar refractivity (Wildman–Crippen MR) is 156 cm³/mol. The molecule has 208 valence electrons. The fourth-order valence-electron chi connectivity index (χ4n) is 4.08. The Kier molecular flexibility index (Phi) is 9.22. The Morgan fingerprint density at radius 1 is 0.872 bits per heavy atom. The smallest absolute Gasteiger partial charge is 0.264 e. The van der Waals surface area contributed by atoms with Gasteiger partial charge >= 0.3 is 0 Å². The van der Waals surface area contributed by atoms with Crippen LogP contribution in [-0.4, -0.2) is 43.3 Å². The van der Waals surface area contributed by atoms with Crippen molar-refractivity contribution in [2.75, 3.05) is 10.8 Å². The molecule has 0 saturated heterocycles. The van der Waals surface area contributed by atoms with Crippen LogP contribution in [-0.2, 0) is 26.2 Å². The maximum absolute atomic E-state index is 14.0. The Morgan fingerprint density at radius 2 is 1.49 bits per heavy atom. The highest BCUT2D eigenvalue weighted by molar-refractivity contribution is 7.92. The van der Waals surface area contributed by atoms with Gasteiger partial charge in [-0.15, -0.1) is 0 Å². The maximum atomic E-state index is 14.0. The lowest BCUT2D eigenvalue weighted by atomic mass is 10.1. The molecule has 2 amide bonds. The third-order valence-electron chi connectivity index (χ3n) is 6.53. The van der Waals surface area contributed by atoms with Gasteiger partial charge in [-0.3, -0.25) is 13.9 Å². The van der Waals surface area contributed by atoms with E-state index in [1.807, 2.05) is 71.9 Å². The minimum absolute atomic E-state index is 0.0830. The number of rotatable bonds is 9. The van der Waals surface area contributed by atoms with Crippen molar-refractivity contribution in [3.8, 4) is 0 Å². The number of anilines is 1. The Balaban J connectivity index is 2.04. The monoisotopic (exact) mass is 549 g/mol. The van der Waals surface area contributed by atoms with Crippen LogP contribution in [0.15, 0.2) is 77.7 Å². The van der Waals surface area contributed by atoms with E-state index >= 15 is 0 Å². The zero-order valence-corrected chi connectivity index (χ0v) is 24.7. The molecule has 0 saturated carbocycles. The van der Waals surface area contributed by atoms with E-state index in [1.165, 1.54) is 17.0 Å². The third kappa shape index (κ3) is 7.69. The number of carbonyl (C=O) groups is 2. The third-order valence-corrected chi connectivity index (χ3v) is 8.32. The summed E-state index contributed by atoms with van der Waals surface area (Å²) in [5.74, 6) is -0.795. The average Bonchev–Trinajstić information content (AvgIpc) is 2.87. The van der Waals surface area contributed by atoms with Crippen molar-refractivity contribution in [2.24, 2.45) is 0 Å². The topological polar surface area (TPSA) is 86.8 Å². The van der Waals surface area contributed by atoms with E-state index in [1.54, 1.807) is 37.3 Å². The Hall–Kier alpha value is -3.65. The molecule has 1 N–H and O–H groups in total. The summed E-state index contributed by atoms with van der Waals surface area (Å²) in [6.07, 6.45) is 0. The molecule has 0 radical (unpaired) electrons. The van der Waals surface area contributed by atoms with Gasteiger partial charge < -0.3 is 10.2 Å². The van der Waals surface area contributed by atoms with Crippen molar-refractivity contribution in [1.82, 2.24) is 10.2 Å². The highest BCUT2D eigenvalue weighted by Crippen LogP contribution is 2.26. The number of hydrogen-bond acceptors (Lipinski definition) is 4. The summed E-state index contributed by atoms with van der Waals surface area (Å²) in [6, 6.07) is 20.2. The highest BCUT2D eigenvalue weighted by atomic mass is 32.2. The molecule has 3 rings (SSSR count). The molecule has 8 heteroatoms. The van der Waals surface area contributed by atoms with Crippen LogP contribution in [0.1, 0.15) is 49.9 Å². The lowest BCUT2D eigenvalue weighted by Gasteiger charge is -2.33. The minimum Gasteiger partial charge on any atom is -0.350 e. The number of benzene rings is 3. The van der Waals surface area contributed by atoms with Crippen molar-refractivity contribution in [3.63, 3.8) is 0 Å². The normalized spacial score (nSPS) is 12.5. The van der Waals surface area contributed by atoms with E-state index in [-0.39, 0.29) is 17.3 Å². The van der Waals surface area contributed by atoms with Crippen LogP contribution in [0.2, 0.25) is 0 Å². The van der Waals surface area contributed by atoms with Gasteiger partial charge in [-0.05, 0) is 89.4 Å². The summed E-state index contributed by atoms with van der Waals surface area (Å²) in [7, 11) is -4.08. The fraction of sp³-hybridized carbons (Fsp3) is 0.355. The van der Waals surface area contributed by atoms with Gasteiger partial charge in [0.1, 0.15) is 12.6 Å². The molecular weight excluding hydrogens is 510 g/mol. The Morgan fingerprint density at radius 3 is 2.05 bits per heavy atom. The standard InChI is InChI=1S/C31H39N3O4S/c1-22-13-16-26(17-14-22)20-33(25(4)30(36)32-31(5,6)7)29(35)21-34(27-18-15-23(2)24(3)19-27)39(37,38)28-11-9-8-10-12-28/h8-19,25H,20-21H2,1-7H3,(H,32,36). The van der Waals surface area contributed by atoms with E-state index in [0.717, 1.165) is 26.6 Å². The van der Waals surface area contributed by atoms with Gasteiger partial charge in [0, 0.05) is 12.1 Å². The number of nitrogens with one attached hydrogen (secondary N) is 1. The number of aryl methyl sites for hydroxylation is 3. The minimum atomic E-state index is -4.08. The molecule has 3 aromatic rings. The quantitative estimate of drug-likeness (QED) is 0.401. The van der Waals surface area contributed by atoms with Crippen LogP contribution in [0.4, 0.5) is 5.69 Å². The van der Waals surface area contributed by atoms with Gasteiger partial charge in [0.2, 0.25) is 11.8 Å². The molecule has 0 heterocycles. The summed E-state index contributed by atoms with van der Waals surface area (Å²) >= 11 is 0. The SMILES string of the molecule is Cc1ccc(CN(C(=O)CN(c2ccc(C)c(C)c2)S(=O)(=O)c2ccccc2)C(C)C(=O)NC(C)(C)C)cc1. The molecule has 0 fully saturated rings. The van der Waals surface area contributed by atoms with Crippen molar-refractivity contribution in [3.05, 3.63) is 95.1 Å². The molecule has 7 nitrogen and oxygen atoms in total. The summed E-state index contributed by atoms with van der Waals surface area (Å²) in [5.41, 5.74) is 3.72. The van der Waals surface area contributed by atoms with Crippen LogP contribution >= 0.6 is 0 Å². The number of sulfonamides is 1. The summed E-state index contributed by atoms with van der Waals surface area (Å²) in [6.45, 7) is 12.8. The second kappa shape index (κ2) is 12.0. The maximum Gasteiger partial charge on any atom is 0.264 e. The largest absolute Gasteiger partial charge is 0.350 e. The van der Waals surface area contributed by atoms with E-state index in [2.05, 4.69) is 5.32 Å². The molecule has 0 aliphatic rings. The van der Waals surface area contributed by atoms with Crippen LogP contribution in [0.25, 0.3) is 0 Å². The summed E-state index contributed by atoms with van der Waals surface area (Å²) < 4.78 is 28.8. The van der Waals surface area contributed by atoms with Gasteiger partial charge in [-0.2, -0.15) is 0 Å². The van der Waals surface area contributed by atoms with Gasteiger partial charge in [0.05, 0.1) is 10.6 Å². The summed E-state index contributed by atoms with van der Waals surface area (Å²) in [5, 5.41) is 2.94. The first-order valence-electron chi connectivity index (χ1n) is 13.0. The molecule has 1 atom stereocenters. The molecule has 0 aromatic heterocycles. The van der Waals surface area contributed by atoms with Gasteiger partial charge in [-0.25, -0.2) is 8.42 Å². The van der Waals surface area contributed by atoms with E-state index < -0.39 is 34.1 Å². The first-order valence-corrected chi connectivity index (χ1v) is 14.4. The van der Waals surface area contributed by atoms with Gasteiger partial charge in [0.25, 0.3) is 10.0 Å². The second-order valence-corrected chi connectivity index (χ2v) is 12.9. The highest BCUT2D eigenvalue weighted by Gasteiger charge is 2.33. The second-order valence-electron chi connectivity index (χ2n) is 11.0. The van der Waals surface area contributed by atoms with Crippen LogP contribution in [0, 0.1) is 20.8 Å². The zero-order valence-electron chi connectivity index (χ0n) is 23.9. The molecule has 0 spiro atoms. The van der Waals surface area contributed by atoms with Crippen molar-refractivity contribution in [1.29, 1.82) is 0 Å². The fourth-order valence-corrected chi connectivity index (χ4v) is 5.50. The van der Waals surface area contributed by atoms with Crippen molar-refractivity contribution >= 4 is 27.5 Å². The molecule has 3 aromatic carbocycles. The molecule has 39 heavy (non-hydrogen) atoms. The predicted octanol–water partition coefficient (Wildman–Crippen LogP) is 5.14. The Bertz CT molecular complexity index is 1410. The summed E-state index contributed by atoms with van der Waals surface area (Å²) in [4.78, 5) is 28.7. The molecule has 0 aliphatic carbocycles. The lowest BCUT2D eigenvalue weighted by Crippen LogP contribution is -2.54. The number of carbonyl (C=O) groups excluding carboxylic acids is 2. The lowest BCUT2D eigenvalue weighted by molar-refractivity contribution is -0.140. The van der Waals surface area contributed by atoms with Gasteiger partial charge in [0.15, 0.2) is 0 Å². The number of nitrogens with zero attached hydrogens (tertiary/aromatic N) is 2. The molecule has 1 unspecified atom stereocenters. The van der Waals surface area contributed by atoms with Crippen LogP contribution in [0.3, 0.4) is 0 Å². The Labute approximate surface area is 232 Å². The van der Waals surface area contributed by atoms with E-state index in [4.69, 9.17) is 0 Å². The van der Waals surface area contributed by atoms with Crippen LogP contribution in [0.5, 0.6) is 0 Å². The van der Waals surface area contributed by atoms with E-state index in [9.17, 15) is 18.0 Å². The molecule has 0 bridgehead atoms. The van der Waals surface area contributed by atoms with Crippen molar-refractivity contribution < 1.29 is 18.0 Å². The number of hydrogen-bond donors (Lipinski definition) is 1. The zero-order chi connectivity index (χ0) is 29.0. The van der Waals surface area contributed by atoms with E-state index in [0.29, 0.717) is 5.69 Å². The first kappa shape index (κ1) is 29.9. The molecular formula is C31H39N3O4S. The van der Waals surface area contributed by atoms with Crippen LogP contribution < -0.4 is 9.62 Å². The molecule has 0 aliphatic heterocycles. The van der Waals surface area contributed by atoms with Gasteiger partial charge in [-0.1, -0.05) is 54.1 Å².